The van der Waals surface area contributed by atoms with Gasteiger partial charge in [0.15, 0.2) is 0 Å². The highest BCUT2D eigenvalue weighted by atomic mass is 32.2. The minimum Gasteiger partial charge on any atom is -0.317 e. The van der Waals surface area contributed by atoms with Gasteiger partial charge in [-0.2, -0.15) is 9.04 Å². The van der Waals surface area contributed by atoms with Crippen LogP contribution < -0.4 is 10.2 Å². The normalized spacial score (nSPS) is 20.9. The Morgan fingerprint density at radius 2 is 1.89 bits per heavy atom. The Labute approximate surface area is 217 Å². The Bertz CT molecular complexity index is 1360. The number of piperidine rings is 1. The fourth-order valence-corrected chi connectivity index (χ4v) is 6.55. The second kappa shape index (κ2) is 9.94. The number of benzene rings is 1. The number of nitrogens with one attached hydrogen (secondary N) is 1. The van der Waals surface area contributed by atoms with Gasteiger partial charge in [0.05, 0.1) is 5.52 Å². The van der Waals surface area contributed by atoms with Crippen molar-refractivity contribution in [3.63, 3.8) is 0 Å². The number of carbonyl (C=O) groups excluding carboxylic acids is 2. The van der Waals surface area contributed by atoms with Gasteiger partial charge in [-0.1, -0.05) is 31.4 Å². The molecular weight excluding hydrogens is 494 g/mol. The largest absolute Gasteiger partial charge is 0.434 e. The van der Waals surface area contributed by atoms with Crippen LogP contribution in [0.2, 0.25) is 0 Å². The number of nitrogens with zero attached hydrogens (tertiary/aromatic N) is 4. The summed E-state index contributed by atoms with van der Waals surface area (Å²) in [5.41, 5.74) is 0.487. The van der Waals surface area contributed by atoms with Gasteiger partial charge in [-0.3, -0.25) is 9.79 Å². The molecular formula is C26H33N5O5S. The van der Waals surface area contributed by atoms with Crippen molar-refractivity contribution in [1.29, 1.82) is 0 Å². The Morgan fingerprint density at radius 1 is 1.16 bits per heavy atom. The molecule has 1 aromatic heterocycles. The minimum absolute atomic E-state index is 0.0909. The van der Waals surface area contributed by atoms with Gasteiger partial charge in [-0.25, -0.2) is 13.2 Å². The SMILES string of the molecule is CN(C)C(=O)On1ccc2c(/C=C/S(=O)(=O)N3CCC4(CC3)N=C(C3CCCCC3)NC4=O)cccc21. The van der Waals surface area contributed by atoms with Gasteiger partial charge in [0, 0.05) is 50.1 Å². The lowest BCUT2D eigenvalue weighted by Gasteiger charge is -2.34. The molecule has 0 bridgehead atoms. The summed E-state index contributed by atoms with van der Waals surface area (Å²) in [6.07, 6.45) is 9.05. The van der Waals surface area contributed by atoms with E-state index < -0.39 is 21.7 Å². The molecule has 2 aliphatic heterocycles. The van der Waals surface area contributed by atoms with E-state index in [4.69, 9.17) is 9.83 Å². The van der Waals surface area contributed by atoms with Crippen molar-refractivity contribution in [2.75, 3.05) is 27.2 Å². The summed E-state index contributed by atoms with van der Waals surface area (Å²) in [5, 5.41) is 4.97. The molecule has 1 saturated carbocycles. The molecule has 1 aromatic carbocycles. The average Bonchev–Trinajstić information content (AvgIpc) is 3.44. The minimum atomic E-state index is -3.70. The van der Waals surface area contributed by atoms with Gasteiger partial charge < -0.3 is 15.1 Å². The van der Waals surface area contributed by atoms with Gasteiger partial charge in [-0.05, 0) is 49.5 Å². The molecule has 10 nitrogen and oxygen atoms in total. The van der Waals surface area contributed by atoms with E-state index in [0.29, 0.717) is 29.8 Å². The van der Waals surface area contributed by atoms with E-state index in [-0.39, 0.29) is 19.0 Å². The van der Waals surface area contributed by atoms with E-state index in [9.17, 15) is 18.0 Å². The van der Waals surface area contributed by atoms with E-state index in [2.05, 4.69) is 5.32 Å². The van der Waals surface area contributed by atoms with Crippen LogP contribution in [0, 0.1) is 5.92 Å². The molecule has 3 heterocycles. The van der Waals surface area contributed by atoms with Crippen LogP contribution in [0.4, 0.5) is 4.79 Å². The van der Waals surface area contributed by atoms with Crippen molar-refractivity contribution < 1.29 is 22.8 Å². The summed E-state index contributed by atoms with van der Waals surface area (Å²) in [7, 11) is -0.510. The lowest BCUT2D eigenvalue weighted by atomic mass is 9.88. The number of aliphatic imine (C=N–C) groups is 1. The van der Waals surface area contributed by atoms with Crippen molar-refractivity contribution in [2.45, 2.75) is 50.5 Å². The molecule has 1 spiro atoms. The zero-order valence-electron chi connectivity index (χ0n) is 21.2. The molecule has 0 atom stereocenters. The average molecular weight is 528 g/mol. The van der Waals surface area contributed by atoms with E-state index in [1.165, 1.54) is 25.8 Å². The van der Waals surface area contributed by atoms with Crippen molar-refractivity contribution in [2.24, 2.45) is 10.9 Å². The second-order valence-electron chi connectivity index (χ2n) is 10.2. The summed E-state index contributed by atoms with van der Waals surface area (Å²) < 4.78 is 29.1. The zero-order valence-corrected chi connectivity index (χ0v) is 22.0. The number of amidine groups is 1. The maximum Gasteiger partial charge on any atom is 0.434 e. The number of aromatic nitrogens is 1. The predicted octanol–water partition coefficient (Wildman–Crippen LogP) is 3.00. The van der Waals surface area contributed by atoms with E-state index in [1.807, 2.05) is 6.07 Å². The molecule has 0 unspecified atom stereocenters. The predicted molar refractivity (Wildman–Crippen MR) is 141 cm³/mol. The summed E-state index contributed by atoms with van der Waals surface area (Å²) in [5.74, 6) is 1.02. The van der Waals surface area contributed by atoms with Crippen molar-refractivity contribution >= 4 is 44.8 Å². The number of sulfonamides is 1. The first-order valence-corrected chi connectivity index (χ1v) is 14.3. The third-order valence-corrected chi connectivity index (χ3v) is 9.16. The third kappa shape index (κ3) is 5.02. The summed E-state index contributed by atoms with van der Waals surface area (Å²) in [6, 6.07) is 7.15. The van der Waals surface area contributed by atoms with Gasteiger partial charge in [-0.15, -0.1) is 0 Å². The molecule has 11 heteroatoms. The molecule has 37 heavy (non-hydrogen) atoms. The Morgan fingerprint density at radius 3 is 2.59 bits per heavy atom. The van der Waals surface area contributed by atoms with Crippen molar-refractivity contribution in [3.05, 3.63) is 41.4 Å². The van der Waals surface area contributed by atoms with Gasteiger partial charge in [0.25, 0.3) is 5.91 Å². The van der Waals surface area contributed by atoms with Crippen LogP contribution in [-0.4, -0.2) is 72.9 Å². The Hall–Kier alpha value is -3.18. The molecule has 3 aliphatic rings. The van der Waals surface area contributed by atoms with Crippen molar-refractivity contribution in [3.8, 4) is 0 Å². The van der Waals surface area contributed by atoms with Crippen LogP contribution in [-0.2, 0) is 14.8 Å². The Balaban J connectivity index is 1.28. The van der Waals surface area contributed by atoms with Crippen LogP contribution >= 0.6 is 0 Å². The highest BCUT2D eigenvalue weighted by Gasteiger charge is 2.48. The fourth-order valence-electron chi connectivity index (χ4n) is 5.36. The third-order valence-electron chi connectivity index (χ3n) is 7.59. The zero-order chi connectivity index (χ0) is 26.2. The number of fused-ring (bicyclic) bond motifs is 1. The number of amides is 2. The lowest BCUT2D eigenvalue weighted by molar-refractivity contribution is -0.125. The highest BCUT2D eigenvalue weighted by Crippen LogP contribution is 2.35. The fraction of sp³-hybridized carbons (Fsp3) is 0.500. The Kier molecular flexibility index (Phi) is 6.84. The standard InChI is InChI=1S/C26H33N5O5S/c1-29(2)25(33)36-31-15-11-21-19(9-6-10-22(21)31)12-18-37(34,35)30-16-13-26(14-17-30)24(32)27-23(28-26)20-7-4-3-5-8-20/h6,9-12,15,18,20H,3-5,7-8,13-14,16-17H2,1-2H3,(H,27,28,32)/b18-12+. The first-order chi connectivity index (χ1) is 17.7. The van der Waals surface area contributed by atoms with Crippen molar-refractivity contribution in [1.82, 2.24) is 19.3 Å². The van der Waals surface area contributed by atoms with Gasteiger partial charge in [0.2, 0.25) is 10.0 Å². The second-order valence-corrected chi connectivity index (χ2v) is 12.1. The molecule has 5 rings (SSSR count). The van der Waals surface area contributed by atoms with Crippen LogP contribution in [0.25, 0.3) is 17.0 Å². The van der Waals surface area contributed by atoms with Gasteiger partial charge in [0.1, 0.15) is 11.4 Å². The first-order valence-electron chi connectivity index (χ1n) is 12.8. The number of hydrogen-bond donors (Lipinski definition) is 1. The van der Waals surface area contributed by atoms with Gasteiger partial charge >= 0.3 is 6.09 Å². The molecule has 2 aromatic rings. The van der Waals surface area contributed by atoms with E-state index in [0.717, 1.165) is 36.9 Å². The molecule has 2 fully saturated rings. The molecule has 1 saturated heterocycles. The lowest BCUT2D eigenvalue weighted by Crippen LogP contribution is -2.50. The summed E-state index contributed by atoms with van der Waals surface area (Å²) >= 11 is 0. The summed E-state index contributed by atoms with van der Waals surface area (Å²) in [4.78, 5) is 36.3. The molecule has 1 aliphatic carbocycles. The van der Waals surface area contributed by atoms with Crippen LogP contribution in [0.3, 0.4) is 0 Å². The number of rotatable bonds is 5. The molecule has 0 radical (unpaired) electrons. The monoisotopic (exact) mass is 527 g/mol. The van der Waals surface area contributed by atoms with E-state index >= 15 is 0 Å². The molecule has 2 amide bonds. The summed E-state index contributed by atoms with van der Waals surface area (Å²) in [6.45, 7) is 0.477. The topological polar surface area (TPSA) is 113 Å². The quantitative estimate of drug-likeness (QED) is 0.642. The van der Waals surface area contributed by atoms with Crippen LogP contribution in [0.1, 0.15) is 50.5 Å². The molecule has 198 valence electrons. The maximum absolute atomic E-state index is 13.1. The smallest absolute Gasteiger partial charge is 0.317 e. The van der Waals surface area contributed by atoms with E-state index in [1.54, 1.807) is 44.6 Å². The van der Waals surface area contributed by atoms with Crippen LogP contribution in [0.5, 0.6) is 0 Å². The first kappa shape index (κ1) is 25.5. The van der Waals surface area contributed by atoms with Crippen LogP contribution in [0.15, 0.2) is 40.9 Å². The molecule has 1 N–H and O–H groups in total. The number of hydrogen-bond acceptors (Lipinski definition) is 6. The highest BCUT2D eigenvalue weighted by molar-refractivity contribution is 7.92. The maximum atomic E-state index is 13.1. The number of carbonyl (C=O) groups is 2.